The first kappa shape index (κ1) is 16.2. The number of aryl methyl sites for hydroxylation is 2. The van der Waals surface area contributed by atoms with Crippen LogP contribution < -0.4 is 5.73 Å². The topological polar surface area (TPSA) is 63.4 Å². The second-order valence-electron chi connectivity index (χ2n) is 5.81. The summed E-state index contributed by atoms with van der Waals surface area (Å²) in [7, 11) is -3.32. The highest BCUT2D eigenvalue weighted by atomic mass is 35.5. The fraction of sp³-hybridized carbons (Fsp3) is 0.692. The third kappa shape index (κ3) is 2.52. The Hall–Kier alpha value is -0.140. The predicted molar refractivity (Wildman–Crippen MR) is 84.0 cm³/mol. The molecule has 1 saturated carbocycles. The first-order valence-electron chi connectivity index (χ1n) is 6.72. The van der Waals surface area contributed by atoms with Crippen LogP contribution in [0.1, 0.15) is 23.3 Å². The van der Waals surface area contributed by atoms with Crippen LogP contribution in [0.3, 0.4) is 0 Å². The molecule has 0 radical (unpaired) electrons. The summed E-state index contributed by atoms with van der Waals surface area (Å²) in [5, 5.41) is 0. The van der Waals surface area contributed by atoms with Crippen LogP contribution >= 0.6 is 23.7 Å². The van der Waals surface area contributed by atoms with Crippen molar-refractivity contribution in [1.82, 2.24) is 4.31 Å². The summed E-state index contributed by atoms with van der Waals surface area (Å²) in [5.41, 5.74) is 6.94. The van der Waals surface area contributed by atoms with Crippen molar-refractivity contribution in [3.8, 4) is 0 Å². The van der Waals surface area contributed by atoms with E-state index in [0.717, 1.165) is 23.3 Å². The molecule has 1 aliphatic heterocycles. The van der Waals surface area contributed by atoms with Gasteiger partial charge in [0.2, 0.25) is 0 Å². The maximum Gasteiger partial charge on any atom is 0.252 e. The molecule has 114 valence electrons. The van der Waals surface area contributed by atoms with E-state index < -0.39 is 10.0 Å². The number of nitrogens with two attached hydrogens (primary N) is 1. The molecular weight excluding hydrogens is 316 g/mol. The molecule has 3 rings (SSSR count). The van der Waals surface area contributed by atoms with E-state index in [-0.39, 0.29) is 18.4 Å². The van der Waals surface area contributed by atoms with Crippen LogP contribution in [0.4, 0.5) is 0 Å². The van der Waals surface area contributed by atoms with E-state index in [9.17, 15) is 8.42 Å². The maximum atomic E-state index is 12.7. The smallest absolute Gasteiger partial charge is 0.252 e. The van der Waals surface area contributed by atoms with Gasteiger partial charge >= 0.3 is 0 Å². The summed E-state index contributed by atoms with van der Waals surface area (Å²) in [5.74, 6) is 0.822. The van der Waals surface area contributed by atoms with Crippen molar-refractivity contribution < 1.29 is 8.42 Å². The van der Waals surface area contributed by atoms with Gasteiger partial charge in [0.1, 0.15) is 4.21 Å². The second kappa shape index (κ2) is 5.57. The van der Waals surface area contributed by atoms with Gasteiger partial charge in [-0.05, 0) is 50.2 Å². The van der Waals surface area contributed by atoms with E-state index in [4.69, 9.17) is 5.73 Å². The van der Waals surface area contributed by atoms with Crippen molar-refractivity contribution in [2.75, 3.05) is 13.1 Å². The van der Waals surface area contributed by atoms with Crippen molar-refractivity contribution in [2.24, 2.45) is 17.6 Å². The first-order chi connectivity index (χ1) is 8.89. The highest BCUT2D eigenvalue weighted by Crippen LogP contribution is 2.40. The summed E-state index contributed by atoms with van der Waals surface area (Å²) in [6, 6.07) is 2.12. The number of thiophene rings is 1. The Kier molecular flexibility index (Phi) is 4.52. The quantitative estimate of drug-likeness (QED) is 0.900. The van der Waals surface area contributed by atoms with Crippen LogP contribution in [-0.2, 0) is 10.0 Å². The average Bonchev–Trinajstić information content (AvgIpc) is 2.96. The molecule has 0 bridgehead atoms. The summed E-state index contributed by atoms with van der Waals surface area (Å²) < 4.78 is 27.6. The normalized spacial score (nSPS) is 30.2. The number of hydrogen-bond donors (Lipinski definition) is 1. The van der Waals surface area contributed by atoms with Crippen LogP contribution in [0.5, 0.6) is 0 Å². The molecule has 1 aliphatic carbocycles. The van der Waals surface area contributed by atoms with E-state index >= 15 is 0 Å². The van der Waals surface area contributed by atoms with Crippen molar-refractivity contribution in [2.45, 2.75) is 36.9 Å². The number of rotatable bonds is 2. The minimum absolute atomic E-state index is 0. The van der Waals surface area contributed by atoms with Gasteiger partial charge in [0, 0.05) is 24.0 Å². The monoisotopic (exact) mass is 336 g/mol. The molecule has 3 unspecified atom stereocenters. The number of nitrogens with zero attached hydrogens (tertiary/aromatic N) is 1. The van der Waals surface area contributed by atoms with E-state index in [0.29, 0.717) is 29.1 Å². The summed E-state index contributed by atoms with van der Waals surface area (Å²) >= 11 is 1.38. The standard InChI is InChI=1S/C13H20N2O2S2.ClH/c1-8-5-9(2)18-13(8)19(16,17)15-6-10-3-4-12(14)11(10)7-15;/h5,10-12H,3-4,6-7,14H2,1-2H3;1H. The first-order valence-corrected chi connectivity index (χ1v) is 8.98. The lowest BCUT2D eigenvalue weighted by Gasteiger charge is -2.18. The zero-order chi connectivity index (χ0) is 13.8. The van der Waals surface area contributed by atoms with Crippen molar-refractivity contribution in [3.05, 3.63) is 16.5 Å². The molecule has 3 atom stereocenters. The average molecular weight is 337 g/mol. The Bertz CT molecular complexity index is 600. The fourth-order valence-electron chi connectivity index (χ4n) is 3.46. The van der Waals surface area contributed by atoms with E-state index in [1.54, 1.807) is 4.31 Å². The molecule has 1 saturated heterocycles. The molecule has 1 aromatic heterocycles. The van der Waals surface area contributed by atoms with Gasteiger partial charge in [-0.25, -0.2) is 8.42 Å². The minimum atomic E-state index is -3.32. The molecule has 7 heteroatoms. The lowest BCUT2D eigenvalue weighted by molar-refractivity contribution is 0.427. The van der Waals surface area contributed by atoms with Gasteiger partial charge in [-0.1, -0.05) is 0 Å². The van der Waals surface area contributed by atoms with Gasteiger partial charge in [-0.15, -0.1) is 23.7 Å². The van der Waals surface area contributed by atoms with Gasteiger partial charge in [0.05, 0.1) is 0 Å². The summed E-state index contributed by atoms with van der Waals surface area (Å²) in [6.07, 6.45) is 2.11. The molecule has 0 spiro atoms. The highest BCUT2D eigenvalue weighted by molar-refractivity contribution is 7.91. The summed E-state index contributed by atoms with van der Waals surface area (Å²) in [4.78, 5) is 1.05. The Morgan fingerprint density at radius 1 is 1.30 bits per heavy atom. The van der Waals surface area contributed by atoms with E-state index in [1.807, 2.05) is 19.9 Å². The lowest BCUT2D eigenvalue weighted by atomic mass is 9.98. The second-order valence-corrected chi connectivity index (χ2v) is 9.20. The van der Waals surface area contributed by atoms with Crippen molar-refractivity contribution >= 4 is 33.8 Å². The largest absolute Gasteiger partial charge is 0.327 e. The molecular formula is C13H21ClN2O2S2. The Morgan fingerprint density at radius 2 is 2.00 bits per heavy atom. The van der Waals surface area contributed by atoms with Crippen LogP contribution in [0.15, 0.2) is 10.3 Å². The summed E-state index contributed by atoms with van der Waals surface area (Å²) in [6.45, 7) is 5.08. The zero-order valence-corrected chi connectivity index (χ0v) is 14.2. The third-order valence-electron chi connectivity index (χ3n) is 4.45. The zero-order valence-electron chi connectivity index (χ0n) is 11.7. The Balaban J connectivity index is 0.00000147. The van der Waals surface area contributed by atoms with Crippen molar-refractivity contribution in [1.29, 1.82) is 0 Å². The van der Waals surface area contributed by atoms with Gasteiger partial charge in [-0.2, -0.15) is 4.31 Å². The lowest BCUT2D eigenvalue weighted by Crippen LogP contribution is -2.33. The molecule has 2 N–H and O–H groups in total. The van der Waals surface area contributed by atoms with Crippen molar-refractivity contribution in [3.63, 3.8) is 0 Å². The fourth-order valence-corrected chi connectivity index (χ4v) is 6.79. The maximum absolute atomic E-state index is 12.7. The minimum Gasteiger partial charge on any atom is -0.327 e. The van der Waals surface area contributed by atoms with Crippen LogP contribution in [0.25, 0.3) is 0 Å². The van der Waals surface area contributed by atoms with E-state index in [1.165, 1.54) is 11.3 Å². The molecule has 4 nitrogen and oxygen atoms in total. The van der Waals surface area contributed by atoms with Crippen LogP contribution in [0.2, 0.25) is 0 Å². The van der Waals surface area contributed by atoms with Crippen LogP contribution in [0, 0.1) is 25.7 Å². The van der Waals surface area contributed by atoms with Crippen LogP contribution in [-0.4, -0.2) is 31.9 Å². The van der Waals surface area contributed by atoms with Gasteiger partial charge < -0.3 is 5.73 Å². The van der Waals surface area contributed by atoms with Gasteiger partial charge in [0.25, 0.3) is 10.0 Å². The number of sulfonamides is 1. The SMILES string of the molecule is Cc1cc(C)c(S(=O)(=O)N2CC3CCC(N)C3C2)s1.Cl. The third-order valence-corrected chi connectivity index (χ3v) is 8.05. The molecule has 0 amide bonds. The molecule has 2 heterocycles. The van der Waals surface area contributed by atoms with Gasteiger partial charge in [-0.3, -0.25) is 0 Å². The molecule has 2 aliphatic rings. The molecule has 2 fully saturated rings. The predicted octanol–water partition coefficient (Wildman–Crippen LogP) is 2.14. The van der Waals surface area contributed by atoms with Gasteiger partial charge in [0.15, 0.2) is 0 Å². The number of fused-ring (bicyclic) bond motifs is 1. The highest BCUT2D eigenvalue weighted by Gasteiger charge is 2.45. The van der Waals surface area contributed by atoms with E-state index in [2.05, 4.69) is 0 Å². The number of hydrogen-bond acceptors (Lipinski definition) is 4. The number of halogens is 1. The Labute approximate surface area is 130 Å². The molecule has 0 aromatic carbocycles. The molecule has 20 heavy (non-hydrogen) atoms. The Morgan fingerprint density at radius 3 is 2.55 bits per heavy atom. The molecule has 1 aromatic rings.